The van der Waals surface area contributed by atoms with E-state index >= 15 is 0 Å². The lowest BCUT2D eigenvalue weighted by Crippen LogP contribution is -2.01. The minimum absolute atomic E-state index is 0.181. The molecular weight excluding hydrogens is 250 g/mol. The number of aliphatic hydroxyl groups excluding tert-OH is 1. The fourth-order valence-corrected chi connectivity index (χ4v) is 2.06. The first-order valence-corrected chi connectivity index (χ1v) is 5.70. The molecule has 19 heavy (non-hydrogen) atoms. The van der Waals surface area contributed by atoms with Gasteiger partial charge in [-0.15, -0.1) is 0 Å². The molecule has 3 nitrogen and oxygen atoms in total. The molecule has 0 radical (unpaired) electrons. The molecule has 3 aromatic rings. The molecule has 2 N–H and O–H groups in total. The summed E-state index contributed by atoms with van der Waals surface area (Å²) in [5, 5.41) is 17.7. The number of hydrogen-bond donors (Lipinski definition) is 2. The third-order valence-electron chi connectivity index (χ3n) is 2.98. The third-order valence-corrected chi connectivity index (χ3v) is 2.98. The Morgan fingerprint density at radius 1 is 1.00 bits per heavy atom. The highest BCUT2D eigenvalue weighted by atomic mass is 19.1. The first-order chi connectivity index (χ1) is 9.13. The predicted molar refractivity (Wildman–Crippen MR) is 66.5 cm³/mol. The Morgan fingerprint density at radius 2 is 1.74 bits per heavy atom. The van der Waals surface area contributed by atoms with Gasteiger partial charge in [-0.05, 0) is 35.4 Å². The van der Waals surface area contributed by atoms with Crippen molar-refractivity contribution in [1.29, 1.82) is 0 Å². The lowest BCUT2D eigenvalue weighted by molar-refractivity contribution is 0.219. The summed E-state index contributed by atoms with van der Waals surface area (Å²) in [4.78, 5) is 0. The van der Waals surface area contributed by atoms with Gasteiger partial charge in [-0.1, -0.05) is 6.07 Å². The van der Waals surface area contributed by atoms with Crippen LogP contribution in [0.2, 0.25) is 0 Å². The zero-order chi connectivity index (χ0) is 13.4. The summed E-state index contributed by atoms with van der Waals surface area (Å²) in [6.07, 6.45) is 0.544. The highest BCUT2D eigenvalue weighted by Gasteiger charge is 2.13. The maximum Gasteiger partial charge on any atom is 0.126 e. The van der Waals surface area contributed by atoms with Crippen LogP contribution in [-0.4, -0.2) is 15.3 Å². The van der Waals surface area contributed by atoms with Gasteiger partial charge in [-0.25, -0.2) is 8.78 Å². The van der Waals surface area contributed by atoms with Crippen molar-refractivity contribution in [2.45, 2.75) is 6.10 Å². The number of aromatic amines is 1. The molecule has 0 saturated carbocycles. The number of nitrogens with zero attached hydrogens (tertiary/aromatic N) is 1. The van der Waals surface area contributed by atoms with E-state index in [1.165, 1.54) is 0 Å². The molecular formula is C14H10F2N2O. The molecule has 0 amide bonds. The highest BCUT2D eigenvalue weighted by Crippen LogP contribution is 2.25. The van der Waals surface area contributed by atoms with Gasteiger partial charge in [0.05, 0.1) is 11.7 Å². The van der Waals surface area contributed by atoms with Gasteiger partial charge in [0, 0.05) is 11.5 Å². The number of halogens is 2. The SMILES string of the molecule is OC(c1cc(F)cc(F)c1)c1ccc2[nH]ncc2c1. The molecule has 5 heteroatoms. The lowest BCUT2D eigenvalue weighted by Gasteiger charge is -2.12. The van der Waals surface area contributed by atoms with Crippen LogP contribution in [0.3, 0.4) is 0 Å². The van der Waals surface area contributed by atoms with Gasteiger partial charge in [0.1, 0.15) is 17.7 Å². The summed E-state index contributed by atoms with van der Waals surface area (Å²) in [5.74, 6) is -1.42. The Balaban J connectivity index is 2.04. The predicted octanol–water partition coefficient (Wildman–Crippen LogP) is 2.92. The van der Waals surface area contributed by atoms with Crippen molar-refractivity contribution in [3.05, 3.63) is 65.4 Å². The molecule has 1 atom stereocenters. The summed E-state index contributed by atoms with van der Waals surface area (Å²) < 4.78 is 26.3. The van der Waals surface area contributed by atoms with E-state index in [1.807, 2.05) is 0 Å². The van der Waals surface area contributed by atoms with Crippen molar-refractivity contribution < 1.29 is 13.9 Å². The summed E-state index contributed by atoms with van der Waals surface area (Å²) >= 11 is 0. The maximum absolute atomic E-state index is 13.1. The number of hydrogen-bond acceptors (Lipinski definition) is 2. The molecule has 0 aliphatic carbocycles. The van der Waals surface area contributed by atoms with Gasteiger partial charge in [0.15, 0.2) is 0 Å². The minimum Gasteiger partial charge on any atom is -0.384 e. The highest BCUT2D eigenvalue weighted by molar-refractivity contribution is 5.78. The maximum atomic E-state index is 13.1. The van der Waals surface area contributed by atoms with Crippen molar-refractivity contribution in [3.63, 3.8) is 0 Å². The van der Waals surface area contributed by atoms with Crippen LogP contribution in [0.1, 0.15) is 17.2 Å². The Hall–Kier alpha value is -2.27. The Bertz CT molecular complexity index is 719. The Kier molecular flexibility index (Phi) is 2.76. The summed E-state index contributed by atoms with van der Waals surface area (Å²) in [5.41, 5.74) is 1.57. The van der Waals surface area contributed by atoms with E-state index in [0.717, 1.165) is 29.1 Å². The number of aliphatic hydroxyl groups is 1. The average Bonchev–Trinajstić information content (AvgIpc) is 2.83. The number of benzene rings is 2. The molecule has 3 rings (SSSR count). The number of rotatable bonds is 2. The molecule has 1 unspecified atom stereocenters. The van der Waals surface area contributed by atoms with Gasteiger partial charge >= 0.3 is 0 Å². The second-order valence-corrected chi connectivity index (χ2v) is 4.32. The van der Waals surface area contributed by atoms with Crippen LogP contribution < -0.4 is 0 Å². The van der Waals surface area contributed by atoms with E-state index < -0.39 is 17.7 Å². The quantitative estimate of drug-likeness (QED) is 0.744. The number of nitrogens with one attached hydrogen (secondary N) is 1. The first kappa shape index (κ1) is 11.8. The molecule has 96 valence electrons. The first-order valence-electron chi connectivity index (χ1n) is 5.70. The molecule has 0 bridgehead atoms. The lowest BCUT2D eigenvalue weighted by atomic mass is 10.0. The van der Waals surface area contributed by atoms with Gasteiger partial charge in [0.25, 0.3) is 0 Å². The van der Waals surface area contributed by atoms with Crippen LogP contribution in [0, 0.1) is 11.6 Å². The summed E-state index contributed by atoms with van der Waals surface area (Å²) in [6, 6.07) is 8.19. The number of fused-ring (bicyclic) bond motifs is 1. The van der Waals surface area contributed by atoms with E-state index in [9.17, 15) is 13.9 Å². The standard InChI is InChI=1S/C14H10F2N2O/c15-11-4-9(5-12(16)6-11)14(19)8-1-2-13-10(3-8)7-17-18-13/h1-7,14,19H,(H,17,18). The van der Waals surface area contributed by atoms with Crippen molar-refractivity contribution >= 4 is 10.9 Å². The van der Waals surface area contributed by atoms with Crippen LogP contribution in [0.25, 0.3) is 10.9 Å². The Morgan fingerprint density at radius 3 is 2.47 bits per heavy atom. The molecule has 0 aliphatic heterocycles. The van der Waals surface area contributed by atoms with Gasteiger partial charge in [-0.2, -0.15) is 5.10 Å². The number of H-pyrrole nitrogens is 1. The summed E-state index contributed by atoms with van der Waals surface area (Å²) in [7, 11) is 0. The van der Waals surface area contributed by atoms with Crippen LogP contribution in [0.5, 0.6) is 0 Å². The second-order valence-electron chi connectivity index (χ2n) is 4.32. The van der Waals surface area contributed by atoms with E-state index in [4.69, 9.17) is 0 Å². The molecule has 1 heterocycles. The average molecular weight is 260 g/mol. The minimum atomic E-state index is -1.08. The molecule has 2 aromatic carbocycles. The van der Waals surface area contributed by atoms with Crippen LogP contribution in [-0.2, 0) is 0 Å². The van der Waals surface area contributed by atoms with Crippen molar-refractivity contribution in [3.8, 4) is 0 Å². The molecule has 0 saturated heterocycles. The topological polar surface area (TPSA) is 48.9 Å². The molecule has 0 fully saturated rings. The number of aromatic nitrogens is 2. The van der Waals surface area contributed by atoms with Crippen LogP contribution >= 0.6 is 0 Å². The molecule has 0 spiro atoms. The van der Waals surface area contributed by atoms with Crippen LogP contribution in [0.4, 0.5) is 8.78 Å². The normalized spacial score (nSPS) is 12.8. The smallest absolute Gasteiger partial charge is 0.126 e. The van der Waals surface area contributed by atoms with Gasteiger partial charge in [0.2, 0.25) is 0 Å². The zero-order valence-electron chi connectivity index (χ0n) is 9.77. The van der Waals surface area contributed by atoms with E-state index in [1.54, 1.807) is 24.4 Å². The van der Waals surface area contributed by atoms with E-state index in [0.29, 0.717) is 5.56 Å². The zero-order valence-corrected chi connectivity index (χ0v) is 9.77. The van der Waals surface area contributed by atoms with Gasteiger partial charge < -0.3 is 5.11 Å². The van der Waals surface area contributed by atoms with Gasteiger partial charge in [-0.3, -0.25) is 5.10 Å². The molecule has 0 aliphatic rings. The largest absolute Gasteiger partial charge is 0.384 e. The van der Waals surface area contributed by atoms with E-state index in [2.05, 4.69) is 10.2 Å². The molecule has 1 aromatic heterocycles. The fourth-order valence-electron chi connectivity index (χ4n) is 2.06. The summed E-state index contributed by atoms with van der Waals surface area (Å²) in [6.45, 7) is 0. The fraction of sp³-hybridized carbons (Fsp3) is 0.0714. The Labute approximate surface area is 107 Å². The monoisotopic (exact) mass is 260 g/mol. The van der Waals surface area contributed by atoms with E-state index in [-0.39, 0.29) is 5.56 Å². The van der Waals surface area contributed by atoms with Crippen molar-refractivity contribution in [2.75, 3.05) is 0 Å². The van der Waals surface area contributed by atoms with Crippen LogP contribution in [0.15, 0.2) is 42.6 Å². The third kappa shape index (κ3) is 2.20. The van der Waals surface area contributed by atoms with Crippen molar-refractivity contribution in [2.24, 2.45) is 0 Å². The van der Waals surface area contributed by atoms with Crippen molar-refractivity contribution in [1.82, 2.24) is 10.2 Å². The second kappa shape index (κ2) is 4.44.